The lowest BCUT2D eigenvalue weighted by Crippen LogP contribution is -1.97. The number of thioether (sulfide) groups is 1. The number of fused-ring (bicyclic) bond motifs is 1. The second kappa shape index (κ2) is 4.37. The van der Waals surface area contributed by atoms with Crippen LogP contribution in [0.25, 0.3) is 5.78 Å². The average Bonchev–Trinajstić information content (AvgIpc) is 2.94. The van der Waals surface area contributed by atoms with Crippen molar-refractivity contribution in [3.63, 3.8) is 0 Å². The first kappa shape index (κ1) is 11.1. The number of nitrogens with zero attached hydrogens (tertiary/aromatic N) is 6. The van der Waals surface area contributed by atoms with Crippen molar-refractivity contribution in [1.29, 1.82) is 0 Å². The summed E-state index contributed by atoms with van der Waals surface area (Å²) in [5.41, 5.74) is 1.98. The Balaban J connectivity index is 1.93. The summed E-state index contributed by atoms with van der Waals surface area (Å²) < 4.78 is 6.99. The number of aryl methyl sites for hydroxylation is 2. The molecule has 7 nitrogen and oxygen atoms in total. The third-order valence-corrected chi connectivity index (χ3v) is 3.31. The molecule has 0 aromatic carbocycles. The van der Waals surface area contributed by atoms with Gasteiger partial charge in [0.2, 0.25) is 12.3 Å². The molecule has 3 rings (SSSR count). The molecular weight excluding hydrogens is 252 g/mol. The van der Waals surface area contributed by atoms with E-state index in [0.29, 0.717) is 17.4 Å². The highest BCUT2D eigenvalue weighted by atomic mass is 32.2. The van der Waals surface area contributed by atoms with Gasteiger partial charge in [-0.15, -0.1) is 20.4 Å². The van der Waals surface area contributed by atoms with Crippen LogP contribution in [-0.2, 0) is 5.75 Å². The Kier molecular flexibility index (Phi) is 2.71. The van der Waals surface area contributed by atoms with Crippen molar-refractivity contribution < 1.29 is 4.42 Å². The van der Waals surface area contributed by atoms with Crippen LogP contribution in [0.1, 0.15) is 17.3 Å². The molecule has 0 aliphatic heterocycles. The van der Waals surface area contributed by atoms with Crippen LogP contribution < -0.4 is 0 Å². The van der Waals surface area contributed by atoms with Crippen molar-refractivity contribution in [2.45, 2.75) is 24.8 Å². The molecule has 3 aromatic rings. The van der Waals surface area contributed by atoms with Gasteiger partial charge in [0.25, 0.3) is 5.78 Å². The number of hydrogen-bond acceptors (Lipinski definition) is 7. The molecule has 0 atom stereocenters. The summed E-state index contributed by atoms with van der Waals surface area (Å²) in [6.45, 7) is 3.94. The summed E-state index contributed by atoms with van der Waals surface area (Å²) in [5.74, 6) is 1.74. The first-order valence-electron chi connectivity index (χ1n) is 5.31. The molecule has 0 aliphatic rings. The Morgan fingerprint density at radius 3 is 2.94 bits per heavy atom. The SMILES string of the molecule is Cc1cc(C)n2c(SCc3nnco3)nnc2n1. The molecule has 0 saturated heterocycles. The smallest absolute Gasteiger partial charge is 0.256 e. The second-order valence-corrected chi connectivity index (χ2v) is 4.72. The van der Waals surface area contributed by atoms with Crippen molar-refractivity contribution in [2.24, 2.45) is 0 Å². The van der Waals surface area contributed by atoms with Crippen molar-refractivity contribution in [3.8, 4) is 0 Å². The average molecular weight is 262 g/mol. The van der Waals surface area contributed by atoms with Crippen molar-refractivity contribution in [1.82, 2.24) is 29.8 Å². The first-order valence-corrected chi connectivity index (χ1v) is 6.30. The molecular formula is C10H10N6OS. The van der Waals surface area contributed by atoms with E-state index in [1.54, 1.807) is 0 Å². The van der Waals surface area contributed by atoms with Crippen LogP contribution in [0.2, 0.25) is 0 Å². The molecule has 0 radical (unpaired) electrons. The minimum absolute atomic E-state index is 0.564. The minimum atomic E-state index is 0.564. The van der Waals surface area contributed by atoms with Crippen LogP contribution in [0.15, 0.2) is 22.0 Å². The normalized spacial score (nSPS) is 11.2. The third kappa shape index (κ3) is 1.94. The zero-order chi connectivity index (χ0) is 12.5. The highest BCUT2D eigenvalue weighted by Crippen LogP contribution is 2.21. The molecule has 18 heavy (non-hydrogen) atoms. The Morgan fingerprint density at radius 1 is 1.28 bits per heavy atom. The fraction of sp³-hybridized carbons (Fsp3) is 0.300. The van der Waals surface area contributed by atoms with E-state index in [1.165, 1.54) is 18.2 Å². The molecule has 0 spiro atoms. The first-order chi connectivity index (χ1) is 8.74. The van der Waals surface area contributed by atoms with E-state index in [9.17, 15) is 0 Å². The Bertz CT molecular complexity index is 677. The largest absolute Gasteiger partial charge is 0.427 e. The topological polar surface area (TPSA) is 82.0 Å². The lowest BCUT2D eigenvalue weighted by molar-refractivity contribution is 0.514. The van der Waals surface area contributed by atoms with Crippen molar-refractivity contribution >= 4 is 17.5 Å². The van der Waals surface area contributed by atoms with E-state index in [-0.39, 0.29) is 0 Å². The maximum absolute atomic E-state index is 5.08. The molecule has 0 unspecified atom stereocenters. The van der Waals surface area contributed by atoms with Gasteiger partial charge in [0.05, 0.1) is 5.75 Å². The van der Waals surface area contributed by atoms with E-state index in [1.807, 2.05) is 24.3 Å². The lowest BCUT2D eigenvalue weighted by Gasteiger charge is -2.02. The Morgan fingerprint density at radius 2 is 2.17 bits per heavy atom. The Labute approximate surface area is 107 Å². The van der Waals surface area contributed by atoms with Crippen LogP contribution in [0.5, 0.6) is 0 Å². The fourth-order valence-electron chi connectivity index (χ4n) is 1.68. The quantitative estimate of drug-likeness (QED) is 0.660. The zero-order valence-electron chi connectivity index (χ0n) is 9.86. The van der Waals surface area contributed by atoms with E-state index in [0.717, 1.165) is 16.5 Å². The summed E-state index contributed by atoms with van der Waals surface area (Å²) in [4.78, 5) is 4.33. The van der Waals surface area contributed by atoms with Crippen LogP contribution >= 0.6 is 11.8 Å². The van der Waals surface area contributed by atoms with Crippen LogP contribution in [0, 0.1) is 13.8 Å². The summed E-state index contributed by atoms with van der Waals surface area (Å²) >= 11 is 1.49. The molecule has 0 N–H and O–H groups in total. The molecule has 8 heteroatoms. The minimum Gasteiger partial charge on any atom is -0.427 e. The predicted octanol–water partition coefficient (Wildman–Crippen LogP) is 1.42. The molecule has 0 fully saturated rings. The summed E-state index contributed by atoms with van der Waals surface area (Å²) in [6.07, 6.45) is 1.31. The van der Waals surface area contributed by atoms with Gasteiger partial charge in [-0.1, -0.05) is 11.8 Å². The van der Waals surface area contributed by atoms with Gasteiger partial charge in [0.1, 0.15) is 0 Å². The molecule has 3 heterocycles. The monoisotopic (exact) mass is 262 g/mol. The molecule has 0 amide bonds. The third-order valence-electron chi connectivity index (χ3n) is 2.39. The van der Waals surface area contributed by atoms with Gasteiger partial charge in [-0.2, -0.15) is 0 Å². The van der Waals surface area contributed by atoms with Gasteiger partial charge >= 0.3 is 0 Å². The Hall–Kier alpha value is -1.96. The van der Waals surface area contributed by atoms with Gasteiger partial charge < -0.3 is 4.42 Å². The fourth-order valence-corrected chi connectivity index (χ4v) is 2.51. The van der Waals surface area contributed by atoms with E-state index < -0.39 is 0 Å². The molecule has 0 aliphatic carbocycles. The van der Waals surface area contributed by atoms with Crippen molar-refractivity contribution in [2.75, 3.05) is 0 Å². The summed E-state index contributed by atoms with van der Waals surface area (Å²) in [5, 5.41) is 16.4. The lowest BCUT2D eigenvalue weighted by atomic mass is 10.3. The van der Waals surface area contributed by atoms with Crippen molar-refractivity contribution in [3.05, 3.63) is 29.7 Å². The standard InChI is InChI=1S/C10H10N6OS/c1-6-3-7(2)16-9(12-6)14-15-10(16)18-4-8-13-11-5-17-8/h3,5H,4H2,1-2H3. The number of rotatable bonds is 3. The summed E-state index contributed by atoms with van der Waals surface area (Å²) in [6, 6.07) is 1.99. The zero-order valence-corrected chi connectivity index (χ0v) is 10.7. The number of hydrogen-bond donors (Lipinski definition) is 0. The van der Waals surface area contributed by atoms with Crippen LogP contribution in [0.3, 0.4) is 0 Å². The van der Waals surface area contributed by atoms with Gasteiger partial charge in [0.15, 0.2) is 5.16 Å². The predicted molar refractivity (Wildman–Crippen MR) is 64.1 cm³/mol. The van der Waals surface area contributed by atoms with Gasteiger partial charge in [-0.05, 0) is 19.9 Å². The van der Waals surface area contributed by atoms with Gasteiger partial charge in [-0.3, -0.25) is 4.40 Å². The highest BCUT2D eigenvalue weighted by Gasteiger charge is 2.11. The van der Waals surface area contributed by atoms with E-state index >= 15 is 0 Å². The summed E-state index contributed by atoms with van der Waals surface area (Å²) in [7, 11) is 0. The maximum atomic E-state index is 5.08. The second-order valence-electron chi connectivity index (χ2n) is 3.78. The molecule has 0 saturated carbocycles. The number of aromatic nitrogens is 6. The molecule has 3 aromatic heterocycles. The van der Waals surface area contributed by atoms with Crippen LogP contribution in [-0.4, -0.2) is 29.8 Å². The van der Waals surface area contributed by atoms with Gasteiger partial charge in [-0.25, -0.2) is 4.98 Å². The van der Waals surface area contributed by atoms with E-state index in [4.69, 9.17) is 4.42 Å². The molecule has 0 bridgehead atoms. The van der Waals surface area contributed by atoms with E-state index in [2.05, 4.69) is 25.4 Å². The molecule has 92 valence electrons. The van der Waals surface area contributed by atoms with Crippen LogP contribution in [0.4, 0.5) is 0 Å². The highest BCUT2D eigenvalue weighted by molar-refractivity contribution is 7.98. The van der Waals surface area contributed by atoms with Gasteiger partial charge in [0, 0.05) is 11.4 Å². The maximum Gasteiger partial charge on any atom is 0.256 e.